The van der Waals surface area contributed by atoms with Crippen LogP contribution >= 0.6 is 11.6 Å². The van der Waals surface area contributed by atoms with Crippen molar-refractivity contribution in [3.8, 4) is 0 Å². The number of hydrogen-bond acceptors (Lipinski definition) is 4. The average molecular weight is 245 g/mol. The first-order chi connectivity index (χ1) is 7.56. The SMILES string of the molecule is CCCNC(=O)Cn1cnc(Cl)c(N)c1=O. The Hall–Kier alpha value is -1.56. The molecule has 16 heavy (non-hydrogen) atoms. The first-order valence-electron chi connectivity index (χ1n) is 4.83. The lowest BCUT2D eigenvalue weighted by Crippen LogP contribution is -2.33. The summed E-state index contributed by atoms with van der Waals surface area (Å²) in [5.41, 5.74) is 4.75. The van der Waals surface area contributed by atoms with E-state index in [1.54, 1.807) is 0 Å². The maximum absolute atomic E-state index is 11.5. The highest BCUT2D eigenvalue weighted by atomic mass is 35.5. The average Bonchev–Trinajstić information content (AvgIpc) is 2.27. The van der Waals surface area contributed by atoms with E-state index in [1.807, 2.05) is 6.92 Å². The molecule has 88 valence electrons. The van der Waals surface area contributed by atoms with Gasteiger partial charge in [0.15, 0.2) is 5.15 Å². The maximum atomic E-state index is 11.5. The van der Waals surface area contributed by atoms with Gasteiger partial charge in [0.1, 0.15) is 12.2 Å². The zero-order chi connectivity index (χ0) is 12.1. The predicted octanol–water partition coefficient (Wildman–Crippen LogP) is 0.00510. The highest BCUT2D eigenvalue weighted by molar-refractivity contribution is 6.31. The fourth-order valence-electron chi connectivity index (χ4n) is 1.07. The first-order valence-corrected chi connectivity index (χ1v) is 5.21. The van der Waals surface area contributed by atoms with E-state index in [-0.39, 0.29) is 23.3 Å². The molecule has 0 saturated heterocycles. The Morgan fingerprint density at radius 3 is 3.00 bits per heavy atom. The third kappa shape index (κ3) is 2.96. The maximum Gasteiger partial charge on any atom is 0.278 e. The molecule has 0 fully saturated rings. The molecule has 0 aromatic carbocycles. The van der Waals surface area contributed by atoms with Gasteiger partial charge in [0.05, 0.1) is 6.33 Å². The van der Waals surface area contributed by atoms with Gasteiger partial charge in [0.2, 0.25) is 5.91 Å². The minimum Gasteiger partial charge on any atom is -0.392 e. The molecule has 1 aromatic rings. The van der Waals surface area contributed by atoms with E-state index in [4.69, 9.17) is 17.3 Å². The smallest absolute Gasteiger partial charge is 0.278 e. The van der Waals surface area contributed by atoms with Crippen LogP contribution < -0.4 is 16.6 Å². The number of aromatic nitrogens is 2. The molecule has 7 heteroatoms. The molecule has 1 amide bonds. The van der Waals surface area contributed by atoms with E-state index < -0.39 is 5.56 Å². The summed E-state index contributed by atoms with van der Waals surface area (Å²) in [7, 11) is 0. The van der Waals surface area contributed by atoms with Crippen molar-refractivity contribution in [3.63, 3.8) is 0 Å². The Kier molecular flexibility index (Phi) is 4.30. The second-order valence-corrected chi connectivity index (χ2v) is 3.59. The number of carbonyl (C=O) groups is 1. The van der Waals surface area contributed by atoms with Gasteiger partial charge in [-0.25, -0.2) is 4.98 Å². The number of hydrogen-bond donors (Lipinski definition) is 2. The van der Waals surface area contributed by atoms with E-state index in [9.17, 15) is 9.59 Å². The van der Waals surface area contributed by atoms with E-state index in [1.165, 1.54) is 6.33 Å². The Morgan fingerprint density at radius 1 is 1.69 bits per heavy atom. The second-order valence-electron chi connectivity index (χ2n) is 3.23. The van der Waals surface area contributed by atoms with Crippen LogP contribution in [-0.2, 0) is 11.3 Å². The van der Waals surface area contributed by atoms with Gasteiger partial charge < -0.3 is 11.1 Å². The molecule has 0 aliphatic carbocycles. The summed E-state index contributed by atoms with van der Waals surface area (Å²) in [5, 5.41) is 2.60. The molecule has 1 rings (SSSR count). The summed E-state index contributed by atoms with van der Waals surface area (Å²) in [6.07, 6.45) is 2.04. The van der Waals surface area contributed by atoms with E-state index >= 15 is 0 Å². The van der Waals surface area contributed by atoms with Crippen LogP contribution in [0.4, 0.5) is 5.69 Å². The van der Waals surface area contributed by atoms with Crippen molar-refractivity contribution >= 4 is 23.2 Å². The molecule has 3 N–H and O–H groups in total. The Labute approximate surface area is 97.4 Å². The standard InChI is InChI=1S/C9H13ClN4O2/c1-2-3-12-6(15)4-14-5-13-8(10)7(11)9(14)16/h5H,2-4,11H2,1H3,(H,12,15). The van der Waals surface area contributed by atoms with Crippen molar-refractivity contribution in [3.05, 3.63) is 21.8 Å². The number of nitrogens with zero attached hydrogens (tertiary/aromatic N) is 2. The summed E-state index contributed by atoms with van der Waals surface area (Å²) in [6.45, 7) is 2.41. The Morgan fingerprint density at radius 2 is 2.38 bits per heavy atom. The van der Waals surface area contributed by atoms with Gasteiger partial charge in [-0.1, -0.05) is 18.5 Å². The van der Waals surface area contributed by atoms with Crippen LogP contribution in [0.15, 0.2) is 11.1 Å². The monoisotopic (exact) mass is 244 g/mol. The van der Waals surface area contributed by atoms with Crippen LogP contribution in [0.3, 0.4) is 0 Å². The van der Waals surface area contributed by atoms with Crippen LogP contribution in [0.1, 0.15) is 13.3 Å². The third-order valence-electron chi connectivity index (χ3n) is 1.91. The van der Waals surface area contributed by atoms with Crippen LogP contribution in [0, 0.1) is 0 Å². The van der Waals surface area contributed by atoms with Crippen LogP contribution in [0.25, 0.3) is 0 Å². The normalized spacial score (nSPS) is 10.1. The highest BCUT2D eigenvalue weighted by Crippen LogP contribution is 2.07. The van der Waals surface area contributed by atoms with Crippen molar-refractivity contribution < 1.29 is 4.79 Å². The van der Waals surface area contributed by atoms with Gasteiger partial charge >= 0.3 is 0 Å². The van der Waals surface area contributed by atoms with Crippen molar-refractivity contribution in [1.82, 2.24) is 14.9 Å². The molecular weight excluding hydrogens is 232 g/mol. The molecule has 0 unspecified atom stereocenters. The number of rotatable bonds is 4. The number of nitrogens with one attached hydrogen (secondary N) is 1. The molecule has 1 heterocycles. The summed E-state index contributed by atoms with van der Waals surface area (Å²) in [6, 6.07) is 0. The molecule has 0 aliphatic rings. The lowest BCUT2D eigenvalue weighted by atomic mass is 10.4. The molecule has 0 saturated carbocycles. The number of amides is 1. The third-order valence-corrected chi connectivity index (χ3v) is 2.21. The summed E-state index contributed by atoms with van der Waals surface area (Å²) in [5.74, 6) is -0.257. The summed E-state index contributed by atoms with van der Waals surface area (Å²) >= 11 is 5.56. The van der Waals surface area contributed by atoms with Crippen LogP contribution in [-0.4, -0.2) is 22.0 Å². The quantitative estimate of drug-likeness (QED) is 0.730. The molecule has 6 nitrogen and oxygen atoms in total. The number of nitrogen functional groups attached to an aromatic ring is 1. The Balaban J connectivity index is 2.79. The van der Waals surface area contributed by atoms with E-state index in [0.717, 1.165) is 11.0 Å². The molecule has 0 aliphatic heterocycles. The molecule has 1 aromatic heterocycles. The molecule has 0 atom stereocenters. The van der Waals surface area contributed by atoms with Gasteiger partial charge in [-0.3, -0.25) is 14.2 Å². The Bertz CT molecular complexity index is 444. The van der Waals surface area contributed by atoms with Crippen LogP contribution in [0.5, 0.6) is 0 Å². The number of nitrogens with two attached hydrogens (primary N) is 1. The van der Waals surface area contributed by atoms with Gasteiger partial charge in [0.25, 0.3) is 5.56 Å². The topological polar surface area (TPSA) is 90.0 Å². The molecule has 0 bridgehead atoms. The van der Waals surface area contributed by atoms with Crippen LogP contribution in [0.2, 0.25) is 5.15 Å². The largest absolute Gasteiger partial charge is 0.392 e. The first kappa shape index (κ1) is 12.5. The zero-order valence-electron chi connectivity index (χ0n) is 8.86. The van der Waals surface area contributed by atoms with Gasteiger partial charge in [-0.05, 0) is 6.42 Å². The highest BCUT2D eigenvalue weighted by Gasteiger charge is 2.08. The minimum absolute atomic E-state index is 0.0461. The number of anilines is 1. The van der Waals surface area contributed by atoms with Crippen molar-refractivity contribution in [2.45, 2.75) is 19.9 Å². The van der Waals surface area contributed by atoms with Crippen molar-refractivity contribution in [1.29, 1.82) is 0 Å². The summed E-state index contributed by atoms with van der Waals surface area (Å²) < 4.78 is 1.12. The number of carbonyl (C=O) groups excluding carboxylic acids is 1. The second kappa shape index (κ2) is 5.50. The summed E-state index contributed by atoms with van der Waals surface area (Å²) in [4.78, 5) is 26.6. The fraction of sp³-hybridized carbons (Fsp3) is 0.444. The predicted molar refractivity (Wildman–Crippen MR) is 61.2 cm³/mol. The zero-order valence-corrected chi connectivity index (χ0v) is 9.62. The lowest BCUT2D eigenvalue weighted by Gasteiger charge is -2.06. The van der Waals surface area contributed by atoms with Crippen molar-refractivity contribution in [2.24, 2.45) is 0 Å². The molecule has 0 spiro atoms. The molecule has 0 radical (unpaired) electrons. The van der Waals surface area contributed by atoms with Gasteiger partial charge in [-0.15, -0.1) is 0 Å². The number of halogens is 1. The molecular formula is C9H13ClN4O2. The van der Waals surface area contributed by atoms with Crippen molar-refractivity contribution in [2.75, 3.05) is 12.3 Å². The van der Waals surface area contributed by atoms with E-state index in [0.29, 0.717) is 6.54 Å². The van der Waals surface area contributed by atoms with Gasteiger partial charge in [0, 0.05) is 6.54 Å². The van der Waals surface area contributed by atoms with Gasteiger partial charge in [-0.2, -0.15) is 0 Å². The van der Waals surface area contributed by atoms with E-state index in [2.05, 4.69) is 10.3 Å². The fourth-order valence-corrected chi connectivity index (χ4v) is 1.20. The minimum atomic E-state index is -0.508. The lowest BCUT2D eigenvalue weighted by molar-refractivity contribution is -0.121.